The van der Waals surface area contributed by atoms with E-state index in [0.29, 0.717) is 0 Å². The molecule has 0 aromatic heterocycles. The van der Waals surface area contributed by atoms with E-state index < -0.39 is 0 Å². The number of cyclic esters (lactones) is 1. The molecule has 1 saturated heterocycles. The van der Waals surface area contributed by atoms with Gasteiger partial charge in [0.25, 0.3) is 0 Å². The SMILES string of the molecule is O=C1O[C@H](c2ccc(-c3ccc(Cl)cc3)cc2)C[C@@H]1CSc1ccccc1. The number of carbonyl (C=O) groups excluding carboxylic acids is 1. The highest BCUT2D eigenvalue weighted by Crippen LogP contribution is 2.37. The summed E-state index contributed by atoms with van der Waals surface area (Å²) in [6, 6.07) is 26.2. The lowest BCUT2D eigenvalue weighted by atomic mass is 9.98. The van der Waals surface area contributed by atoms with Gasteiger partial charge < -0.3 is 4.74 Å². The molecule has 4 heteroatoms. The molecule has 27 heavy (non-hydrogen) atoms. The number of thioether (sulfide) groups is 1. The molecule has 2 nitrogen and oxygen atoms in total. The lowest BCUT2D eigenvalue weighted by Crippen LogP contribution is -2.09. The fourth-order valence-electron chi connectivity index (χ4n) is 3.23. The summed E-state index contributed by atoms with van der Waals surface area (Å²) >= 11 is 7.66. The van der Waals surface area contributed by atoms with E-state index in [9.17, 15) is 4.79 Å². The molecule has 0 bridgehead atoms. The molecule has 0 unspecified atom stereocenters. The summed E-state index contributed by atoms with van der Waals surface area (Å²) in [5, 5.41) is 0.729. The van der Waals surface area contributed by atoms with Gasteiger partial charge in [0, 0.05) is 22.1 Å². The molecule has 0 radical (unpaired) electrons. The molecule has 1 aliphatic rings. The Kier molecular flexibility index (Phi) is 5.51. The summed E-state index contributed by atoms with van der Waals surface area (Å²) in [7, 11) is 0. The van der Waals surface area contributed by atoms with Gasteiger partial charge in [0.15, 0.2) is 0 Å². The lowest BCUT2D eigenvalue weighted by Gasteiger charge is -2.10. The summed E-state index contributed by atoms with van der Waals surface area (Å²) in [5.41, 5.74) is 3.29. The maximum Gasteiger partial charge on any atom is 0.310 e. The molecule has 1 heterocycles. The molecule has 0 spiro atoms. The Balaban J connectivity index is 1.40. The van der Waals surface area contributed by atoms with Crippen molar-refractivity contribution in [3.63, 3.8) is 0 Å². The van der Waals surface area contributed by atoms with Gasteiger partial charge in [0.1, 0.15) is 6.10 Å². The van der Waals surface area contributed by atoms with E-state index in [1.165, 1.54) is 4.90 Å². The number of rotatable bonds is 5. The molecule has 0 N–H and O–H groups in total. The fraction of sp³-hybridized carbons (Fsp3) is 0.174. The minimum Gasteiger partial charge on any atom is -0.457 e. The zero-order valence-corrected chi connectivity index (χ0v) is 16.2. The van der Waals surface area contributed by atoms with Gasteiger partial charge in [-0.15, -0.1) is 11.8 Å². The molecule has 2 atom stereocenters. The van der Waals surface area contributed by atoms with Gasteiger partial charge in [-0.05, 0) is 41.0 Å². The second-order valence-corrected chi connectivity index (χ2v) is 8.14. The Morgan fingerprint density at radius 2 is 1.52 bits per heavy atom. The summed E-state index contributed by atoms with van der Waals surface area (Å²) < 4.78 is 5.64. The van der Waals surface area contributed by atoms with E-state index >= 15 is 0 Å². The van der Waals surface area contributed by atoms with Gasteiger partial charge in [-0.1, -0.05) is 66.2 Å². The predicted molar refractivity (Wildman–Crippen MR) is 111 cm³/mol. The van der Waals surface area contributed by atoms with Crippen LogP contribution in [0.4, 0.5) is 0 Å². The third kappa shape index (κ3) is 4.37. The number of benzene rings is 3. The second kappa shape index (κ2) is 8.20. The van der Waals surface area contributed by atoms with Crippen molar-refractivity contribution in [3.05, 3.63) is 89.4 Å². The summed E-state index contributed by atoms with van der Waals surface area (Å²) in [6.07, 6.45) is 0.581. The Bertz CT molecular complexity index is 907. The molecule has 1 aliphatic heterocycles. The Labute approximate surface area is 168 Å². The van der Waals surface area contributed by atoms with Crippen molar-refractivity contribution >= 4 is 29.3 Å². The number of halogens is 1. The van der Waals surface area contributed by atoms with E-state index in [2.05, 4.69) is 36.4 Å². The fourth-order valence-corrected chi connectivity index (χ4v) is 4.37. The summed E-state index contributed by atoms with van der Waals surface area (Å²) in [6.45, 7) is 0. The number of ether oxygens (including phenoxy) is 1. The minimum atomic E-state index is -0.154. The maximum atomic E-state index is 12.3. The van der Waals surface area contributed by atoms with Crippen LogP contribution in [0.15, 0.2) is 83.8 Å². The number of hydrogen-bond acceptors (Lipinski definition) is 3. The maximum absolute atomic E-state index is 12.3. The van der Waals surface area contributed by atoms with E-state index in [1.807, 2.05) is 42.5 Å². The van der Waals surface area contributed by atoms with Crippen molar-refractivity contribution in [2.45, 2.75) is 17.4 Å². The Morgan fingerprint density at radius 3 is 2.19 bits per heavy atom. The van der Waals surface area contributed by atoms with Crippen LogP contribution in [0.25, 0.3) is 11.1 Å². The van der Waals surface area contributed by atoms with Crippen molar-refractivity contribution in [1.82, 2.24) is 0 Å². The number of esters is 1. The monoisotopic (exact) mass is 394 g/mol. The van der Waals surface area contributed by atoms with Crippen LogP contribution >= 0.6 is 23.4 Å². The topological polar surface area (TPSA) is 26.3 Å². The van der Waals surface area contributed by atoms with Gasteiger partial charge in [0.05, 0.1) is 5.92 Å². The van der Waals surface area contributed by atoms with Crippen LogP contribution in [0.3, 0.4) is 0 Å². The largest absolute Gasteiger partial charge is 0.457 e. The molecule has 3 aromatic rings. The van der Waals surface area contributed by atoms with E-state index in [4.69, 9.17) is 16.3 Å². The first kappa shape index (κ1) is 18.1. The van der Waals surface area contributed by atoms with E-state index in [0.717, 1.165) is 33.9 Å². The molecule has 0 amide bonds. The molecule has 0 aliphatic carbocycles. The van der Waals surface area contributed by atoms with Gasteiger partial charge in [-0.25, -0.2) is 0 Å². The van der Waals surface area contributed by atoms with Gasteiger partial charge in [0.2, 0.25) is 0 Å². The molecular formula is C23H19ClO2S. The summed E-state index contributed by atoms with van der Waals surface area (Å²) in [4.78, 5) is 13.4. The predicted octanol–water partition coefficient (Wildman–Crippen LogP) is 6.40. The zero-order valence-electron chi connectivity index (χ0n) is 14.7. The highest BCUT2D eigenvalue weighted by atomic mass is 35.5. The second-order valence-electron chi connectivity index (χ2n) is 6.61. The highest BCUT2D eigenvalue weighted by molar-refractivity contribution is 7.99. The van der Waals surface area contributed by atoms with Crippen molar-refractivity contribution in [1.29, 1.82) is 0 Å². The molecular weight excluding hydrogens is 376 g/mol. The van der Waals surface area contributed by atoms with E-state index in [1.54, 1.807) is 11.8 Å². The standard InChI is InChI=1S/C23H19ClO2S/c24-20-12-10-17(11-13-20)16-6-8-18(9-7-16)22-14-19(23(25)26-22)15-27-21-4-2-1-3-5-21/h1-13,19,22H,14-15H2/t19-,22+/m1/s1. The van der Waals surface area contributed by atoms with Crippen LogP contribution in [-0.2, 0) is 9.53 Å². The van der Waals surface area contributed by atoms with Gasteiger partial charge >= 0.3 is 5.97 Å². The van der Waals surface area contributed by atoms with Crippen molar-refractivity contribution < 1.29 is 9.53 Å². The van der Waals surface area contributed by atoms with Crippen LogP contribution in [0.5, 0.6) is 0 Å². The highest BCUT2D eigenvalue weighted by Gasteiger charge is 2.35. The van der Waals surface area contributed by atoms with Crippen LogP contribution < -0.4 is 0 Å². The lowest BCUT2D eigenvalue weighted by molar-refractivity contribution is -0.144. The van der Waals surface area contributed by atoms with Crippen molar-refractivity contribution in [2.24, 2.45) is 5.92 Å². The molecule has 136 valence electrons. The zero-order chi connectivity index (χ0) is 18.6. The smallest absolute Gasteiger partial charge is 0.310 e. The summed E-state index contributed by atoms with van der Waals surface area (Å²) in [5.74, 6) is 0.601. The quantitative estimate of drug-likeness (QED) is 0.369. The van der Waals surface area contributed by atoms with Gasteiger partial charge in [-0.2, -0.15) is 0 Å². The van der Waals surface area contributed by atoms with Crippen LogP contribution in [-0.4, -0.2) is 11.7 Å². The molecule has 1 fully saturated rings. The number of hydrogen-bond donors (Lipinski definition) is 0. The third-order valence-corrected chi connectivity index (χ3v) is 6.17. The van der Waals surface area contributed by atoms with E-state index in [-0.39, 0.29) is 18.0 Å². The van der Waals surface area contributed by atoms with Gasteiger partial charge in [-0.3, -0.25) is 4.79 Å². The molecule has 0 saturated carbocycles. The Morgan fingerprint density at radius 1 is 0.889 bits per heavy atom. The average molecular weight is 395 g/mol. The van der Waals surface area contributed by atoms with Crippen molar-refractivity contribution in [3.8, 4) is 11.1 Å². The van der Waals surface area contributed by atoms with Crippen LogP contribution in [0, 0.1) is 5.92 Å². The molecule has 3 aromatic carbocycles. The normalized spacial score (nSPS) is 19.1. The first-order valence-electron chi connectivity index (χ1n) is 8.93. The minimum absolute atomic E-state index is 0.0591. The first-order chi connectivity index (χ1) is 13.2. The Hall–Kier alpha value is -2.23. The van der Waals surface area contributed by atoms with Crippen LogP contribution in [0.2, 0.25) is 5.02 Å². The number of carbonyl (C=O) groups is 1. The average Bonchev–Trinajstić information content (AvgIpc) is 3.09. The first-order valence-corrected chi connectivity index (χ1v) is 10.3. The molecule has 4 rings (SSSR count). The third-order valence-electron chi connectivity index (χ3n) is 4.74. The van der Waals surface area contributed by atoms with Crippen molar-refractivity contribution in [2.75, 3.05) is 5.75 Å². The van der Waals surface area contributed by atoms with Crippen LogP contribution in [0.1, 0.15) is 18.1 Å².